The number of carbonyl (C=O) groups is 1. The zero-order valence-corrected chi connectivity index (χ0v) is 43.4. The largest absolute Gasteiger partial charge is 0.394 e. The highest BCUT2D eigenvalue weighted by Gasteiger charge is 2.17. The van der Waals surface area contributed by atoms with Crippen molar-refractivity contribution in [3.63, 3.8) is 0 Å². The summed E-state index contributed by atoms with van der Waals surface area (Å²) in [6.07, 6.45) is 89.9. The molecule has 0 aliphatic carbocycles. The minimum Gasteiger partial charge on any atom is -0.394 e. The van der Waals surface area contributed by atoms with Gasteiger partial charge >= 0.3 is 0 Å². The topological polar surface area (TPSA) is 69.6 Å². The van der Waals surface area contributed by atoms with Crippen LogP contribution in [0.1, 0.15) is 226 Å². The maximum Gasteiger partial charge on any atom is 0.220 e. The van der Waals surface area contributed by atoms with E-state index in [4.69, 9.17) is 0 Å². The molecular formula is C63H103NO3. The smallest absolute Gasteiger partial charge is 0.220 e. The van der Waals surface area contributed by atoms with Crippen molar-refractivity contribution in [1.82, 2.24) is 5.32 Å². The van der Waals surface area contributed by atoms with E-state index in [-0.39, 0.29) is 12.5 Å². The molecule has 3 N–H and O–H groups in total. The lowest BCUT2D eigenvalue weighted by Gasteiger charge is -2.19. The molecule has 4 nitrogen and oxygen atoms in total. The average molecular weight is 923 g/mol. The van der Waals surface area contributed by atoms with Gasteiger partial charge in [-0.25, -0.2) is 0 Å². The number of aliphatic hydroxyl groups excluding tert-OH is 2. The first-order chi connectivity index (χ1) is 33.2. The normalized spacial score (nSPS) is 14.0. The summed E-state index contributed by atoms with van der Waals surface area (Å²) < 4.78 is 0. The molecule has 0 aromatic heterocycles. The van der Waals surface area contributed by atoms with E-state index in [1.165, 1.54) is 103 Å². The monoisotopic (exact) mass is 922 g/mol. The van der Waals surface area contributed by atoms with Crippen LogP contribution in [0.15, 0.2) is 146 Å². The van der Waals surface area contributed by atoms with Gasteiger partial charge in [0, 0.05) is 6.42 Å². The van der Waals surface area contributed by atoms with Gasteiger partial charge < -0.3 is 15.5 Å². The highest BCUT2D eigenvalue weighted by Crippen LogP contribution is 2.14. The molecule has 0 rings (SSSR count). The summed E-state index contributed by atoms with van der Waals surface area (Å²) in [5.74, 6) is -0.0878. The van der Waals surface area contributed by atoms with Crippen molar-refractivity contribution in [2.75, 3.05) is 6.61 Å². The van der Waals surface area contributed by atoms with E-state index < -0.39 is 12.1 Å². The second kappa shape index (κ2) is 56.6. The molecule has 0 fully saturated rings. The molecule has 0 spiro atoms. The fourth-order valence-electron chi connectivity index (χ4n) is 7.38. The molecule has 0 aliphatic heterocycles. The molecule has 0 radical (unpaired) electrons. The minimum absolute atomic E-state index is 0.0878. The van der Waals surface area contributed by atoms with Crippen LogP contribution < -0.4 is 5.32 Å². The van der Waals surface area contributed by atoms with Gasteiger partial charge in [0.05, 0.1) is 18.8 Å². The lowest BCUT2D eigenvalue weighted by molar-refractivity contribution is -0.123. The number of aliphatic hydroxyl groups is 2. The number of hydrogen-bond acceptors (Lipinski definition) is 3. The molecule has 0 heterocycles. The lowest BCUT2D eigenvalue weighted by atomic mass is 10.0. The van der Waals surface area contributed by atoms with Crippen LogP contribution in [-0.4, -0.2) is 34.9 Å². The summed E-state index contributed by atoms with van der Waals surface area (Å²) in [5, 5.41) is 23.1. The first-order valence-electron chi connectivity index (χ1n) is 27.5. The number of rotatable bonds is 48. The number of hydrogen-bond donors (Lipinski definition) is 3. The first-order valence-corrected chi connectivity index (χ1v) is 27.5. The predicted molar refractivity (Wildman–Crippen MR) is 298 cm³/mol. The van der Waals surface area contributed by atoms with Crippen molar-refractivity contribution < 1.29 is 15.0 Å². The van der Waals surface area contributed by atoms with E-state index in [9.17, 15) is 15.0 Å². The molecule has 4 heteroatoms. The lowest BCUT2D eigenvalue weighted by Crippen LogP contribution is -2.45. The third-order valence-electron chi connectivity index (χ3n) is 11.5. The summed E-state index contributed by atoms with van der Waals surface area (Å²) in [7, 11) is 0. The van der Waals surface area contributed by atoms with Crippen molar-refractivity contribution in [3.8, 4) is 0 Å². The maximum atomic E-state index is 12.4. The Hall–Kier alpha value is -3.73. The maximum absolute atomic E-state index is 12.4. The SMILES string of the molecule is CC/C=C\C/C=C\C/C=C\C/C=C\C/C=C\C/C=C\C/C=C\C/C=C\C/C=C\CCCCCCCCCCCCCC(=O)NC(CO)C(O)/C=C/CC/C=C/CC/C=C/CCCCCCCC. The Labute approximate surface area is 414 Å². The Balaban J connectivity index is 3.64. The molecular weight excluding hydrogens is 819 g/mol. The van der Waals surface area contributed by atoms with Crippen molar-refractivity contribution in [1.29, 1.82) is 0 Å². The van der Waals surface area contributed by atoms with Crippen molar-refractivity contribution >= 4 is 5.91 Å². The van der Waals surface area contributed by atoms with Crippen LogP contribution in [-0.2, 0) is 4.79 Å². The third kappa shape index (κ3) is 53.1. The van der Waals surface area contributed by atoms with Crippen LogP contribution in [0.3, 0.4) is 0 Å². The van der Waals surface area contributed by atoms with Crippen LogP contribution in [0.2, 0.25) is 0 Å². The fourth-order valence-corrected chi connectivity index (χ4v) is 7.38. The molecule has 0 bridgehead atoms. The van der Waals surface area contributed by atoms with Gasteiger partial charge in [-0.15, -0.1) is 0 Å². The van der Waals surface area contributed by atoms with Gasteiger partial charge in [-0.1, -0.05) is 250 Å². The van der Waals surface area contributed by atoms with Crippen molar-refractivity contribution in [3.05, 3.63) is 146 Å². The Morgan fingerprint density at radius 3 is 1.04 bits per heavy atom. The zero-order valence-electron chi connectivity index (χ0n) is 43.4. The predicted octanol–water partition coefficient (Wildman–Crippen LogP) is 18.4. The van der Waals surface area contributed by atoms with Crippen LogP contribution in [0.5, 0.6) is 0 Å². The Morgan fingerprint density at radius 1 is 0.373 bits per heavy atom. The second-order valence-corrected chi connectivity index (χ2v) is 17.9. The van der Waals surface area contributed by atoms with E-state index in [1.807, 2.05) is 6.08 Å². The quantitative estimate of drug-likeness (QED) is 0.0421. The second-order valence-electron chi connectivity index (χ2n) is 17.9. The molecule has 0 aromatic rings. The summed E-state index contributed by atoms with van der Waals surface area (Å²) in [6.45, 7) is 4.16. The van der Waals surface area contributed by atoms with E-state index in [0.717, 1.165) is 103 Å². The Kier molecular flexibility index (Phi) is 53.4. The molecule has 67 heavy (non-hydrogen) atoms. The number of allylic oxidation sites excluding steroid dienone is 23. The molecule has 0 saturated carbocycles. The number of nitrogens with one attached hydrogen (secondary N) is 1. The number of unbranched alkanes of at least 4 members (excludes halogenated alkanes) is 19. The van der Waals surface area contributed by atoms with Crippen LogP contribution in [0.4, 0.5) is 0 Å². The van der Waals surface area contributed by atoms with Gasteiger partial charge in [0.15, 0.2) is 0 Å². The number of amides is 1. The molecule has 1 amide bonds. The molecule has 2 atom stereocenters. The van der Waals surface area contributed by atoms with Crippen LogP contribution in [0.25, 0.3) is 0 Å². The highest BCUT2D eigenvalue weighted by molar-refractivity contribution is 5.76. The third-order valence-corrected chi connectivity index (χ3v) is 11.5. The summed E-state index contributed by atoms with van der Waals surface area (Å²) >= 11 is 0. The minimum atomic E-state index is -0.880. The Morgan fingerprint density at radius 2 is 0.672 bits per heavy atom. The Bertz CT molecular complexity index is 1420. The van der Waals surface area contributed by atoms with Gasteiger partial charge in [0.25, 0.3) is 0 Å². The summed E-state index contributed by atoms with van der Waals surface area (Å²) in [4.78, 5) is 12.4. The first kappa shape index (κ1) is 63.3. The van der Waals surface area contributed by atoms with E-state index >= 15 is 0 Å². The van der Waals surface area contributed by atoms with Gasteiger partial charge in [0.1, 0.15) is 0 Å². The summed E-state index contributed by atoms with van der Waals surface area (Å²) in [5.41, 5.74) is 0. The van der Waals surface area contributed by atoms with Crippen molar-refractivity contribution in [2.24, 2.45) is 0 Å². The van der Waals surface area contributed by atoms with Gasteiger partial charge in [-0.3, -0.25) is 4.79 Å². The van der Waals surface area contributed by atoms with E-state index in [0.29, 0.717) is 6.42 Å². The molecule has 0 saturated heterocycles. The van der Waals surface area contributed by atoms with Gasteiger partial charge in [-0.05, 0) is 116 Å². The van der Waals surface area contributed by atoms with E-state index in [2.05, 4.69) is 153 Å². The molecule has 2 unspecified atom stereocenters. The van der Waals surface area contributed by atoms with Crippen LogP contribution >= 0.6 is 0 Å². The van der Waals surface area contributed by atoms with Gasteiger partial charge in [-0.2, -0.15) is 0 Å². The van der Waals surface area contributed by atoms with Crippen LogP contribution in [0, 0.1) is 0 Å². The fraction of sp³-hybridized carbons (Fsp3) is 0.603. The number of carbonyl (C=O) groups excluding carboxylic acids is 1. The average Bonchev–Trinajstić information content (AvgIpc) is 3.33. The standard InChI is InChI=1S/C63H103NO3/c1-3-5-7-9-11-13-15-17-19-21-22-23-24-25-26-27-28-29-30-31-32-33-34-35-36-37-38-39-40-41-42-43-45-47-49-51-53-55-57-59-63(67)64-61(60-65)62(66)58-56-54-52-50-48-46-44-20-18-16-14-12-10-8-6-4-2/h5,7,11,13,17-20,22-23,25-26,28-29,31-32,34-35,37-38,48,50,56,58,61-62,65-66H,3-4,6,8-10,12,14-16,21,24,27,30,33,36,39-47,49,51-55,57,59-60H2,1-2H3,(H,64,67)/b7-5-,13-11-,19-17-,20-18+,23-22-,26-25-,29-28-,32-31-,35-34-,38-37-,50-48+,58-56+. The van der Waals surface area contributed by atoms with Gasteiger partial charge in [0.2, 0.25) is 5.91 Å². The van der Waals surface area contributed by atoms with Crippen molar-refractivity contribution in [2.45, 2.75) is 238 Å². The summed E-state index contributed by atoms with van der Waals surface area (Å²) in [6, 6.07) is -0.656. The molecule has 0 aliphatic rings. The zero-order chi connectivity index (χ0) is 48.5. The molecule has 378 valence electrons. The molecule has 0 aromatic carbocycles. The highest BCUT2D eigenvalue weighted by atomic mass is 16.3. The van der Waals surface area contributed by atoms with E-state index in [1.54, 1.807) is 6.08 Å².